The summed E-state index contributed by atoms with van der Waals surface area (Å²) < 4.78 is 5.05. The fourth-order valence-electron chi connectivity index (χ4n) is 2.15. The smallest absolute Gasteiger partial charge is 0.474 e. The van der Waals surface area contributed by atoms with Gasteiger partial charge in [0.15, 0.2) is 0 Å². The molecule has 3 rings (SSSR count). The summed E-state index contributed by atoms with van der Waals surface area (Å²) in [5, 5.41) is 5.96. The van der Waals surface area contributed by atoms with Gasteiger partial charge in [-0.15, -0.1) is 0 Å². The second kappa shape index (κ2) is 6.90. The number of hydrogen-bond acceptors (Lipinski definition) is 3. The minimum atomic E-state index is 0. The van der Waals surface area contributed by atoms with Crippen LogP contribution in [0.5, 0.6) is 0 Å². The normalized spacial score (nSPS) is 10.2. The van der Waals surface area contributed by atoms with Crippen molar-refractivity contribution in [3.05, 3.63) is 47.5 Å². The minimum Gasteiger partial charge on any atom is -0.474 e. The first-order valence-corrected chi connectivity index (χ1v) is 6.80. The van der Waals surface area contributed by atoms with Gasteiger partial charge in [0.05, 0.1) is 23.8 Å². The number of anilines is 1. The van der Waals surface area contributed by atoms with E-state index in [4.69, 9.17) is 28.6 Å². The van der Waals surface area contributed by atoms with Crippen molar-refractivity contribution in [3.63, 3.8) is 0 Å². The van der Waals surface area contributed by atoms with Gasteiger partial charge in [0.2, 0.25) is 0 Å². The zero-order chi connectivity index (χ0) is 14.1. The maximum atomic E-state index is 6.09. The van der Waals surface area contributed by atoms with Gasteiger partial charge in [-0.2, -0.15) is 0 Å². The molecule has 1 aromatic heterocycles. The van der Waals surface area contributed by atoms with Crippen molar-refractivity contribution >= 4 is 56.5 Å². The Balaban J connectivity index is 0.00000161. The van der Waals surface area contributed by atoms with Gasteiger partial charge in [-0.05, 0) is 36.5 Å². The van der Waals surface area contributed by atoms with Crippen LogP contribution in [0.1, 0.15) is 0 Å². The number of nitrogens with one attached hydrogen (secondary N) is 1. The van der Waals surface area contributed by atoms with E-state index in [-0.39, 0.29) is 29.6 Å². The first-order chi connectivity index (χ1) is 9.69. The monoisotopic (exact) mass is 325 g/mol. The third-order valence-electron chi connectivity index (χ3n) is 3.05. The SMILES string of the molecule is COC(=S)Nc1c2ccccc2nc2ccc(Cl)cc12.[Na+]. The third kappa shape index (κ3) is 3.30. The number of rotatable bonds is 1. The summed E-state index contributed by atoms with van der Waals surface area (Å²) in [6.45, 7) is 0. The van der Waals surface area contributed by atoms with E-state index in [0.717, 1.165) is 27.5 Å². The van der Waals surface area contributed by atoms with Gasteiger partial charge >= 0.3 is 29.6 Å². The molecule has 3 nitrogen and oxygen atoms in total. The first kappa shape index (κ1) is 16.5. The average Bonchev–Trinajstić information content (AvgIpc) is 2.47. The van der Waals surface area contributed by atoms with Crippen molar-refractivity contribution in [3.8, 4) is 0 Å². The summed E-state index contributed by atoms with van der Waals surface area (Å²) in [5.41, 5.74) is 2.61. The third-order valence-corrected chi connectivity index (χ3v) is 3.56. The zero-order valence-electron chi connectivity index (χ0n) is 11.7. The van der Waals surface area contributed by atoms with Crippen molar-refractivity contribution in [2.24, 2.45) is 0 Å². The predicted molar refractivity (Wildman–Crippen MR) is 87.5 cm³/mol. The first-order valence-electron chi connectivity index (χ1n) is 6.02. The van der Waals surface area contributed by atoms with Gasteiger partial charge in [0.25, 0.3) is 5.17 Å². The number of thiocarbonyl (C=S) groups is 1. The molecular weight excluding hydrogens is 315 g/mol. The minimum absolute atomic E-state index is 0. The number of nitrogens with zero attached hydrogens (tertiary/aromatic N) is 1. The molecule has 0 aliphatic heterocycles. The molecule has 0 bridgehead atoms. The Morgan fingerprint density at radius 3 is 2.62 bits per heavy atom. The largest absolute Gasteiger partial charge is 1.00 e. The van der Waals surface area contributed by atoms with Crippen LogP contribution in [-0.4, -0.2) is 17.3 Å². The fraction of sp³-hybridized carbons (Fsp3) is 0.0667. The van der Waals surface area contributed by atoms with Crippen LogP contribution in [0.4, 0.5) is 5.69 Å². The van der Waals surface area contributed by atoms with Gasteiger partial charge in [0, 0.05) is 15.8 Å². The van der Waals surface area contributed by atoms with E-state index in [1.54, 1.807) is 0 Å². The fourth-order valence-corrected chi connectivity index (χ4v) is 2.43. The Labute approximate surface area is 154 Å². The molecule has 1 heterocycles. The van der Waals surface area contributed by atoms with Gasteiger partial charge in [0.1, 0.15) is 0 Å². The Kier molecular flexibility index (Phi) is 5.41. The van der Waals surface area contributed by atoms with E-state index in [2.05, 4.69) is 10.3 Å². The Morgan fingerprint density at radius 1 is 1.14 bits per heavy atom. The number of pyridine rings is 1. The number of ether oxygens (including phenoxy) is 1. The molecular formula is C15H11ClN2NaOS+. The van der Waals surface area contributed by atoms with E-state index in [9.17, 15) is 0 Å². The molecule has 0 unspecified atom stereocenters. The van der Waals surface area contributed by atoms with Crippen LogP contribution in [0.15, 0.2) is 42.5 Å². The average molecular weight is 326 g/mol. The second-order valence-electron chi connectivity index (χ2n) is 4.28. The second-order valence-corrected chi connectivity index (χ2v) is 5.09. The van der Waals surface area contributed by atoms with E-state index in [1.165, 1.54) is 7.11 Å². The molecule has 0 radical (unpaired) electrons. The molecule has 0 saturated carbocycles. The molecule has 0 fully saturated rings. The molecule has 0 aliphatic rings. The number of halogens is 1. The number of methoxy groups -OCH3 is 1. The van der Waals surface area contributed by atoms with Crippen molar-refractivity contribution in [1.29, 1.82) is 0 Å². The van der Waals surface area contributed by atoms with Crippen LogP contribution in [-0.2, 0) is 4.74 Å². The van der Waals surface area contributed by atoms with Crippen LogP contribution < -0.4 is 34.9 Å². The van der Waals surface area contributed by atoms with E-state index >= 15 is 0 Å². The number of benzene rings is 2. The quantitative estimate of drug-likeness (QED) is 0.416. The summed E-state index contributed by atoms with van der Waals surface area (Å²) in [6.07, 6.45) is 0. The molecule has 0 aliphatic carbocycles. The predicted octanol–water partition coefficient (Wildman–Crippen LogP) is 1.39. The summed E-state index contributed by atoms with van der Waals surface area (Å²) >= 11 is 11.2. The summed E-state index contributed by atoms with van der Waals surface area (Å²) in [5.74, 6) is 0. The van der Waals surface area contributed by atoms with E-state index in [0.29, 0.717) is 10.2 Å². The number of fused-ring (bicyclic) bond motifs is 2. The molecule has 1 N–H and O–H groups in total. The standard InChI is InChI=1S/C15H11ClN2OS.Na/c1-19-15(20)18-14-10-4-2-3-5-12(10)17-13-7-6-9(16)8-11(13)14;/h2-8H,1H3,(H,17,18,20);/q;+1. The van der Waals surface area contributed by atoms with Crippen molar-refractivity contribution in [2.75, 3.05) is 12.4 Å². The van der Waals surface area contributed by atoms with Crippen LogP contribution in [0.2, 0.25) is 5.02 Å². The van der Waals surface area contributed by atoms with Gasteiger partial charge in [-0.3, -0.25) is 0 Å². The number of para-hydroxylation sites is 1. The van der Waals surface area contributed by atoms with Crippen LogP contribution in [0, 0.1) is 0 Å². The van der Waals surface area contributed by atoms with Crippen molar-refractivity contribution in [2.45, 2.75) is 0 Å². The molecule has 21 heavy (non-hydrogen) atoms. The van der Waals surface area contributed by atoms with Crippen LogP contribution in [0.25, 0.3) is 21.8 Å². The summed E-state index contributed by atoms with van der Waals surface area (Å²) in [6, 6.07) is 13.5. The van der Waals surface area contributed by atoms with Crippen LogP contribution >= 0.6 is 23.8 Å². The molecule has 0 spiro atoms. The molecule has 0 atom stereocenters. The molecule has 100 valence electrons. The molecule has 6 heteroatoms. The number of aromatic nitrogens is 1. The molecule has 0 amide bonds. The summed E-state index contributed by atoms with van der Waals surface area (Å²) in [4.78, 5) is 4.63. The van der Waals surface area contributed by atoms with E-state index < -0.39 is 0 Å². The Morgan fingerprint density at radius 2 is 1.86 bits per heavy atom. The Bertz CT molecular complexity index is 825. The van der Waals surface area contributed by atoms with Gasteiger partial charge < -0.3 is 10.1 Å². The maximum absolute atomic E-state index is 6.09. The van der Waals surface area contributed by atoms with E-state index in [1.807, 2.05) is 42.5 Å². The maximum Gasteiger partial charge on any atom is 1.00 e. The topological polar surface area (TPSA) is 34.1 Å². The van der Waals surface area contributed by atoms with Gasteiger partial charge in [-0.1, -0.05) is 29.8 Å². The molecule has 0 saturated heterocycles. The summed E-state index contributed by atoms with van der Waals surface area (Å²) in [7, 11) is 1.54. The van der Waals surface area contributed by atoms with Crippen molar-refractivity contribution in [1.82, 2.24) is 4.98 Å². The van der Waals surface area contributed by atoms with Crippen molar-refractivity contribution < 1.29 is 34.3 Å². The van der Waals surface area contributed by atoms with Crippen LogP contribution in [0.3, 0.4) is 0 Å². The number of hydrogen-bond donors (Lipinski definition) is 1. The molecule has 2 aromatic carbocycles. The zero-order valence-corrected chi connectivity index (χ0v) is 15.3. The Hall–Kier alpha value is -0.910. The van der Waals surface area contributed by atoms with Gasteiger partial charge in [-0.25, -0.2) is 4.98 Å². The molecule has 3 aromatic rings.